The minimum atomic E-state index is -0.287. The molecule has 3 aliphatic heterocycles. The molecule has 12 nitrogen and oxygen atoms in total. The third-order valence-corrected chi connectivity index (χ3v) is 13.9. The van der Waals surface area contributed by atoms with E-state index in [9.17, 15) is 14.9 Å². The van der Waals surface area contributed by atoms with E-state index in [1.54, 1.807) is 0 Å². The zero-order chi connectivity index (χ0) is 46.1. The summed E-state index contributed by atoms with van der Waals surface area (Å²) in [5, 5.41) is 13.3. The van der Waals surface area contributed by atoms with Crippen LogP contribution >= 0.6 is 0 Å². The molecule has 0 radical (unpaired) electrons. The molecule has 5 heterocycles. The van der Waals surface area contributed by atoms with Crippen LogP contribution in [0.5, 0.6) is 5.75 Å². The van der Waals surface area contributed by atoms with Crippen LogP contribution in [-0.2, 0) is 56.0 Å². The van der Waals surface area contributed by atoms with Gasteiger partial charge in [0, 0.05) is 98.7 Å². The molecule has 0 bridgehead atoms. The van der Waals surface area contributed by atoms with Gasteiger partial charge in [0.2, 0.25) is 5.91 Å². The minimum Gasteiger partial charge on any atom is -0.492 e. The molecule has 3 amide bonds. The molecule has 1 saturated heterocycles. The summed E-state index contributed by atoms with van der Waals surface area (Å²) in [6, 6.07) is 33.6. The van der Waals surface area contributed by atoms with Gasteiger partial charge in [-0.15, -0.1) is 0 Å². The number of nitrogens with zero attached hydrogens (tertiary/aromatic N) is 6. The normalized spacial score (nSPS) is 16.0. The summed E-state index contributed by atoms with van der Waals surface area (Å²) in [5.74, 6) is 0.388. The fourth-order valence-electron chi connectivity index (χ4n) is 9.84. The van der Waals surface area contributed by atoms with Gasteiger partial charge in [0.25, 0.3) is 11.8 Å². The number of aromatic nitrogens is 2. The largest absolute Gasteiger partial charge is 0.492 e. The van der Waals surface area contributed by atoms with Crippen LogP contribution in [-0.4, -0.2) is 93.6 Å². The van der Waals surface area contributed by atoms with Gasteiger partial charge in [-0.25, -0.2) is 0 Å². The van der Waals surface area contributed by atoms with Crippen LogP contribution in [0.15, 0.2) is 97.1 Å². The lowest BCUT2D eigenvalue weighted by molar-refractivity contribution is -0.131. The van der Waals surface area contributed by atoms with Gasteiger partial charge in [0.05, 0.1) is 30.9 Å². The van der Waals surface area contributed by atoms with Crippen molar-refractivity contribution in [3.63, 3.8) is 0 Å². The van der Waals surface area contributed by atoms with Crippen molar-refractivity contribution in [2.24, 2.45) is 14.1 Å². The summed E-state index contributed by atoms with van der Waals surface area (Å²) in [7, 11) is 3.79. The second kappa shape index (κ2) is 18.9. The van der Waals surface area contributed by atoms with E-state index in [1.807, 2.05) is 126 Å². The lowest BCUT2D eigenvalue weighted by Gasteiger charge is -2.36. The number of benzene rings is 4. The second-order valence-corrected chi connectivity index (χ2v) is 17.9. The molecule has 6 aromatic rings. The number of anilines is 1. The van der Waals surface area contributed by atoms with Crippen molar-refractivity contribution in [3.05, 3.63) is 153 Å². The highest BCUT2D eigenvalue weighted by molar-refractivity contribution is 6.14. The first-order valence-corrected chi connectivity index (χ1v) is 22.9. The number of morpholine rings is 1. The summed E-state index contributed by atoms with van der Waals surface area (Å²) in [4.78, 5) is 50.2. The molecule has 1 atom stereocenters. The first-order chi connectivity index (χ1) is 32.0. The summed E-state index contributed by atoms with van der Waals surface area (Å²) >= 11 is 0. The summed E-state index contributed by atoms with van der Waals surface area (Å²) in [5.41, 5.74) is 11.7. The molecular formula is C54H57N7O5. The number of carbonyl (C=O) groups is 3. The van der Waals surface area contributed by atoms with E-state index in [4.69, 9.17) is 9.47 Å². The number of amides is 3. The Kier molecular flexibility index (Phi) is 12.7. The van der Waals surface area contributed by atoms with Crippen LogP contribution in [0.2, 0.25) is 0 Å². The Labute approximate surface area is 386 Å². The van der Waals surface area contributed by atoms with Gasteiger partial charge in [-0.3, -0.25) is 19.3 Å². The molecular weight excluding hydrogens is 827 g/mol. The van der Waals surface area contributed by atoms with Gasteiger partial charge in [-0.2, -0.15) is 5.26 Å². The predicted molar refractivity (Wildman–Crippen MR) is 255 cm³/mol. The molecule has 338 valence electrons. The zero-order valence-electron chi connectivity index (χ0n) is 38.5. The molecule has 2 aromatic heterocycles. The van der Waals surface area contributed by atoms with Crippen molar-refractivity contribution < 1.29 is 23.9 Å². The number of para-hydroxylation sites is 1. The number of carbonyl (C=O) groups excluding carboxylic acids is 3. The average molecular weight is 884 g/mol. The van der Waals surface area contributed by atoms with Gasteiger partial charge < -0.3 is 33.7 Å². The molecule has 1 N–H and O–H groups in total. The first kappa shape index (κ1) is 44.3. The number of nitriles is 1. The fourth-order valence-corrected chi connectivity index (χ4v) is 9.84. The number of hydrogen-bond acceptors (Lipinski definition) is 7. The van der Waals surface area contributed by atoms with Crippen molar-refractivity contribution in [1.29, 1.82) is 5.26 Å². The number of hydrogen-bond donors (Lipinski definition) is 1. The van der Waals surface area contributed by atoms with Gasteiger partial charge in [-0.1, -0.05) is 54.6 Å². The maximum atomic E-state index is 15.4. The quantitative estimate of drug-likeness (QED) is 0.141. The number of fused-ring (bicyclic) bond motifs is 2. The molecule has 0 aliphatic carbocycles. The molecule has 0 unspecified atom stereocenters. The number of ether oxygens (including phenoxy) is 2. The molecule has 66 heavy (non-hydrogen) atoms. The lowest BCUT2D eigenvalue weighted by atomic mass is 9.87. The Balaban J connectivity index is 1.08. The van der Waals surface area contributed by atoms with E-state index in [1.165, 1.54) is 5.56 Å². The Morgan fingerprint density at radius 2 is 1.53 bits per heavy atom. The van der Waals surface area contributed by atoms with Crippen molar-refractivity contribution >= 4 is 23.4 Å². The maximum Gasteiger partial charge on any atom is 0.258 e. The lowest BCUT2D eigenvalue weighted by Crippen LogP contribution is -2.43. The van der Waals surface area contributed by atoms with E-state index in [2.05, 4.69) is 41.4 Å². The molecule has 1 fully saturated rings. The van der Waals surface area contributed by atoms with E-state index >= 15 is 4.79 Å². The topological polar surface area (TPSA) is 125 Å². The van der Waals surface area contributed by atoms with Crippen molar-refractivity contribution in [2.45, 2.75) is 59.2 Å². The molecule has 0 spiro atoms. The average Bonchev–Trinajstić information content (AvgIpc) is 3.77. The Morgan fingerprint density at radius 3 is 2.26 bits per heavy atom. The Morgan fingerprint density at radius 1 is 0.803 bits per heavy atom. The first-order valence-electron chi connectivity index (χ1n) is 22.9. The smallest absolute Gasteiger partial charge is 0.258 e. The van der Waals surface area contributed by atoms with Crippen LogP contribution in [0.1, 0.15) is 72.5 Å². The van der Waals surface area contributed by atoms with Gasteiger partial charge >= 0.3 is 0 Å². The fraction of sp³-hybridized carbons (Fsp3) is 0.333. The number of nitrogens with one attached hydrogen (secondary N) is 1. The Hall–Kier alpha value is -6.94. The van der Waals surface area contributed by atoms with Crippen LogP contribution in [0.25, 0.3) is 22.4 Å². The molecule has 4 aromatic carbocycles. The van der Waals surface area contributed by atoms with Crippen LogP contribution < -0.4 is 10.1 Å². The second-order valence-electron chi connectivity index (χ2n) is 17.9. The highest BCUT2D eigenvalue weighted by atomic mass is 16.5. The third-order valence-electron chi connectivity index (χ3n) is 13.9. The SMILES string of the molecule is Cc1c(-c2c(C(=O)Nc3ccccc3)c(C)n(C)c2-c2cc3c(cc2C(=O)N2Cc4ccccc4C[C@H]2C)CN(C(=O)Cc2ccc(OCCN4CCOCC4)cc2)CC3)cc(C#N)n1C. The zero-order valence-corrected chi connectivity index (χ0v) is 38.5. The number of rotatable bonds is 11. The molecule has 0 saturated carbocycles. The third kappa shape index (κ3) is 8.76. The molecule has 3 aliphatic rings. The molecule has 9 rings (SSSR count). The van der Waals surface area contributed by atoms with Gasteiger partial charge in [0.1, 0.15) is 24.1 Å². The van der Waals surface area contributed by atoms with Gasteiger partial charge in [-0.05, 0) is 104 Å². The minimum absolute atomic E-state index is 0.0158. The van der Waals surface area contributed by atoms with E-state index in [0.717, 1.165) is 84.2 Å². The summed E-state index contributed by atoms with van der Waals surface area (Å²) < 4.78 is 15.3. The van der Waals surface area contributed by atoms with E-state index in [0.29, 0.717) is 72.0 Å². The predicted octanol–water partition coefficient (Wildman–Crippen LogP) is 7.86. The highest BCUT2D eigenvalue weighted by Gasteiger charge is 2.35. The monoisotopic (exact) mass is 883 g/mol. The van der Waals surface area contributed by atoms with Gasteiger partial charge in [0.15, 0.2) is 0 Å². The Bertz CT molecular complexity index is 2850. The van der Waals surface area contributed by atoms with Crippen molar-refractivity contribution in [1.82, 2.24) is 23.8 Å². The van der Waals surface area contributed by atoms with Crippen molar-refractivity contribution in [3.8, 4) is 34.2 Å². The summed E-state index contributed by atoms with van der Waals surface area (Å²) in [6.45, 7) is 12.1. The van der Waals surface area contributed by atoms with E-state index in [-0.39, 0.29) is 30.2 Å². The highest BCUT2D eigenvalue weighted by Crippen LogP contribution is 2.44. The van der Waals surface area contributed by atoms with Crippen LogP contribution in [0.3, 0.4) is 0 Å². The molecule has 12 heteroatoms. The standard InChI is InChI=1S/C54H57N7O5/c1-35-27-39-11-9-10-12-41(39)34-61(35)54(64)48-30-42-33-60(49(62)28-38-15-17-45(18-16-38)66-26-23-59-21-24-65-25-22-59)20-19-40(42)29-47(48)52-51(46-31-44(32-55)57(4)36(46)2)50(37(3)58(52)5)53(63)56-43-13-7-6-8-14-43/h6-18,29-31,35H,19-28,33-34H2,1-5H3,(H,56,63)/t35-/m1/s1. The van der Waals surface area contributed by atoms with Crippen LogP contribution in [0, 0.1) is 25.2 Å². The van der Waals surface area contributed by atoms with E-state index < -0.39 is 0 Å². The summed E-state index contributed by atoms with van der Waals surface area (Å²) in [6.07, 6.45) is 1.57. The van der Waals surface area contributed by atoms with Crippen molar-refractivity contribution in [2.75, 3.05) is 51.3 Å². The van der Waals surface area contributed by atoms with Crippen LogP contribution in [0.4, 0.5) is 5.69 Å². The maximum absolute atomic E-state index is 15.4.